The highest BCUT2D eigenvalue weighted by Crippen LogP contribution is 2.32. The maximum atomic E-state index is 12.7. The van der Waals surface area contributed by atoms with Crippen LogP contribution in [-0.4, -0.2) is 11.9 Å². The van der Waals surface area contributed by atoms with Crippen LogP contribution in [0.3, 0.4) is 0 Å². The average Bonchev–Trinajstić information content (AvgIpc) is 2.83. The van der Waals surface area contributed by atoms with Crippen LogP contribution in [0.2, 0.25) is 0 Å². The second kappa shape index (κ2) is 5.72. The molecule has 0 saturated carbocycles. The van der Waals surface area contributed by atoms with Gasteiger partial charge in [-0.25, -0.2) is 0 Å². The number of nitrogens with zero attached hydrogens (tertiary/aromatic N) is 1. The lowest BCUT2D eigenvalue weighted by Gasteiger charge is -2.22. The number of hydrogen-bond donors (Lipinski definition) is 0. The quantitative estimate of drug-likeness (QED) is 0.837. The van der Waals surface area contributed by atoms with Gasteiger partial charge in [-0.15, -0.1) is 0 Å². The smallest absolute Gasteiger partial charge is 0.231 e. The molecule has 0 fully saturated rings. The van der Waals surface area contributed by atoms with Gasteiger partial charge in [0.1, 0.15) is 0 Å². The van der Waals surface area contributed by atoms with Crippen molar-refractivity contribution in [2.75, 3.05) is 4.90 Å². The third-order valence-electron chi connectivity index (χ3n) is 4.26. The number of carbonyl (C=O) groups excluding carboxylic acids is 1. The van der Waals surface area contributed by atoms with Gasteiger partial charge in [-0.3, -0.25) is 4.79 Å². The summed E-state index contributed by atoms with van der Waals surface area (Å²) in [7, 11) is 0. The van der Waals surface area contributed by atoms with E-state index in [2.05, 4.69) is 50.2 Å². The van der Waals surface area contributed by atoms with Crippen molar-refractivity contribution >= 4 is 11.6 Å². The molecule has 1 aliphatic heterocycles. The first-order valence-electron chi connectivity index (χ1n) is 7.67. The molecule has 1 heterocycles. The molecule has 2 nitrogen and oxygen atoms in total. The van der Waals surface area contributed by atoms with Crippen molar-refractivity contribution in [3.05, 3.63) is 65.2 Å². The first-order chi connectivity index (χ1) is 10.2. The molecule has 2 aromatic carbocycles. The maximum Gasteiger partial charge on any atom is 0.231 e. The van der Waals surface area contributed by atoms with Gasteiger partial charge in [0.05, 0.1) is 6.42 Å². The van der Waals surface area contributed by atoms with Gasteiger partial charge in [-0.2, -0.15) is 0 Å². The van der Waals surface area contributed by atoms with E-state index in [-0.39, 0.29) is 11.9 Å². The molecule has 21 heavy (non-hydrogen) atoms. The van der Waals surface area contributed by atoms with Crippen molar-refractivity contribution in [2.45, 2.75) is 39.2 Å². The highest BCUT2D eigenvalue weighted by atomic mass is 16.2. The first kappa shape index (κ1) is 13.9. The minimum atomic E-state index is 0.191. The van der Waals surface area contributed by atoms with E-state index in [1.54, 1.807) is 0 Å². The molecule has 0 saturated heterocycles. The minimum absolute atomic E-state index is 0.191. The lowest BCUT2D eigenvalue weighted by Crippen LogP contribution is -2.36. The molecule has 0 spiro atoms. The van der Waals surface area contributed by atoms with E-state index >= 15 is 0 Å². The van der Waals surface area contributed by atoms with Crippen molar-refractivity contribution in [3.8, 4) is 0 Å². The normalized spacial score (nSPS) is 16.9. The average molecular weight is 279 g/mol. The van der Waals surface area contributed by atoms with Crippen LogP contribution >= 0.6 is 0 Å². The number of para-hydroxylation sites is 1. The topological polar surface area (TPSA) is 20.3 Å². The fourth-order valence-electron chi connectivity index (χ4n) is 3.10. The molecule has 0 N–H and O–H groups in total. The third kappa shape index (κ3) is 2.71. The molecule has 0 aromatic heterocycles. The molecule has 0 aliphatic carbocycles. The number of aryl methyl sites for hydroxylation is 1. The van der Waals surface area contributed by atoms with Crippen LogP contribution in [0.15, 0.2) is 48.5 Å². The van der Waals surface area contributed by atoms with E-state index in [0.29, 0.717) is 6.42 Å². The number of hydrogen-bond acceptors (Lipinski definition) is 1. The number of carbonyl (C=O) groups is 1. The second-order valence-electron chi connectivity index (χ2n) is 5.79. The Kier molecular flexibility index (Phi) is 3.78. The van der Waals surface area contributed by atoms with Crippen molar-refractivity contribution in [3.63, 3.8) is 0 Å². The Morgan fingerprint density at radius 2 is 1.76 bits per heavy atom. The zero-order valence-electron chi connectivity index (χ0n) is 12.7. The van der Waals surface area contributed by atoms with Crippen molar-refractivity contribution in [2.24, 2.45) is 0 Å². The van der Waals surface area contributed by atoms with Crippen molar-refractivity contribution in [1.82, 2.24) is 0 Å². The Labute approximate surface area is 126 Å². The predicted molar refractivity (Wildman–Crippen MR) is 86.6 cm³/mol. The van der Waals surface area contributed by atoms with Gasteiger partial charge in [-0.1, -0.05) is 49.4 Å². The summed E-state index contributed by atoms with van der Waals surface area (Å²) >= 11 is 0. The summed E-state index contributed by atoms with van der Waals surface area (Å²) in [6, 6.07) is 16.9. The molecule has 1 atom stereocenters. The Balaban J connectivity index is 1.79. The first-order valence-corrected chi connectivity index (χ1v) is 7.67. The molecule has 1 amide bonds. The number of anilines is 1. The maximum absolute atomic E-state index is 12.7. The van der Waals surface area contributed by atoms with Gasteiger partial charge in [-0.05, 0) is 42.5 Å². The summed E-state index contributed by atoms with van der Waals surface area (Å²) in [6.07, 6.45) is 2.46. The molecule has 2 aromatic rings. The summed E-state index contributed by atoms with van der Waals surface area (Å²) in [6.45, 7) is 4.26. The SMILES string of the molecule is CCc1ccc(CC(=O)N2c3ccccc3C[C@@H]2C)cc1. The second-order valence-corrected chi connectivity index (χ2v) is 5.79. The minimum Gasteiger partial charge on any atom is -0.309 e. The Hall–Kier alpha value is -2.09. The van der Waals surface area contributed by atoms with Crippen LogP contribution in [0.4, 0.5) is 5.69 Å². The van der Waals surface area contributed by atoms with Crippen LogP contribution in [0, 0.1) is 0 Å². The van der Waals surface area contributed by atoms with Gasteiger partial charge >= 0.3 is 0 Å². The van der Waals surface area contributed by atoms with Crippen LogP contribution in [0.5, 0.6) is 0 Å². The van der Waals surface area contributed by atoms with Gasteiger partial charge in [0.15, 0.2) is 0 Å². The Bertz CT molecular complexity index is 645. The largest absolute Gasteiger partial charge is 0.309 e. The molecule has 1 aliphatic rings. The molecule has 0 bridgehead atoms. The summed E-state index contributed by atoms with van der Waals surface area (Å²) in [5, 5.41) is 0. The summed E-state index contributed by atoms with van der Waals surface area (Å²) in [4.78, 5) is 14.6. The molecule has 108 valence electrons. The molecule has 3 rings (SSSR count). The Morgan fingerprint density at radius 3 is 2.48 bits per heavy atom. The van der Waals surface area contributed by atoms with E-state index in [0.717, 1.165) is 24.1 Å². The molecule has 2 heteroatoms. The highest BCUT2D eigenvalue weighted by Gasteiger charge is 2.30. The number of rotatable bonds is 3. The fourth-order valence-corrected chi connectivity index (χ4v) is 3.10. The summed E-state index contributed by atoms with van der Waals surface area (Å²) < 4.78 is 0. The summed E-state index contributed by atoms with van der Waals surface area (Å²) in [5.74, 6) is 0.191. The van der Waals surface area contributed by atoms with E-state index in [9.17, 15) is 4.79 Å². The molecule has 0 radical (unpaired) electrons. The number of benzene rings is 2. The van der Waals surface area contributed by atoms with Crippen LogP contribution in [0.25, 0.3) is 0 Å². The van der Waals surface area contributed by atoms with E-state index in [1.807, 2.05) is 17.0 Å². The van der Waals surface area contributed by atoms with Gasteiger partial charge in [0.25, 0.3) is 0 Å². The van der Waals surface area contributed by atoms with E-state index in [4.69, 9.17) is 0 Å². The van der Waals surface area contributed by atoms with Gasteiger partial charge in [0.2, 0.25) is 5.91 Å². The lowest BCUT2D eigenvalue weighted by atomic mass is 10.1. The van der Waals surface area contributed by atoms with Crippen LogP contribution in [0.1, 0.15) is 30.5 Å². The molecule has 0 unspecified atom stereocenters. The van der Waals surface area contributed by atoms with Crippen molar-refractivity contribution < 1.29 is 4.79 Å². The van der Waals surface area contributed by atoms with Gasteiger partial charge < -0.3 is 4.90 Å². The fraction of sp³-hybridized carbons (Fsp3) is 0.316. The van der Waals surface area contributed by atoms with Crippen LogP contribution in [-0.2, 0) is 24.1 Å². The zero-order valence-corrected chi connectivity index (χ0v) is 12.7. The predicted octanol–water partition coefficient (Wildman–Crippen LogP) is 3.77. The molecular weight excluding hydrogens is 258 g/mol. The van der Waals surface area contributed by atoms with Crippen molar-refractivity contribution in [1.29, 1.82) is 0 Å². The number of fused-ring (bicyclic) bond motifs is 1. The van der Waals surface area contributed by atoms with Gasteiger partial charge in [0, 0.05) is 11.7 Å². The zero-order chi connectivity index (χ0) is 14.8. The van der Waals surface area contributed by atoms with Crippen LogP contribution < -0.4 is 4.90 Å². The standard InChI is InChI=1S/C19H21NO/c1-3-15-8-10-16(11-9-15)13-19(21)20-14(2)12-17-6-4-5-7-18(17)20/h4-11,14H,3,12-13H2,1-2H3/t14-/m0/s1. The number of amides is 1. The third-order valence-corrected chi connectivity index (χ3v) is 4.26. The Morgan fingerprint density at radius 1 is 1.10 bits per heavy atom. The molecular formula is C19H21NO. The van der Waals surface area contributed by atoms with E-state index < -0.39 is 0 Å². The monoisotopic (exact) mass is 279 g/mol. The van der Waals surface area contributed by atoms with E-state index in [1.165, 1.54) is 11.1 Å². The lowest BCUT2D eigenvalue weighted by molar-refractivity contribution is -0.118. The summed E-state index contributed by atoms with van der Waals surface area (Å²) in [5.41, 5.74) is 4.76. The highest BCUT2D eigenvalue weighted by molar-refractivity contribution is 5.97.